The van der Waals surface area contributed by atoms with E-state index in [0.717, 1.165) is 21.3 Å². The molecule has 0 spiro atoms. The number of anilines is 1. The summed E-state index contributed by atoms with van der Waals surface area (Å²) < 4.78 is 1.04. The summed E-state index contributed by atoms with van der Waals surface area (Å²) in [4.78, 5) is 20.9. The number of pyridine rings is 1. The molecule has 0 saturated heterocycles. The fourth-order valence-electron chi connectivity index (χ4n) is 2.39. The molecule has 4 nitrogen and oxygen atoms in total. The Morgan fingerprint density at radius 2 is 2.15 bits per heavy atom. The van der Waals surface area contributed by atoms with Gasteiger partial charge < -0.3 is 5.32 Å². The van der Waals surface area contributed by atoms with Gasteiger partial charge in [-0.15, -0.1) is 17.8 Å². The molecule has 0 unspecified atom stereocenters. The smallest absolute Gasteiger partial charge is 0.258 e. The maximum atomic E-state index is 12.3. The molecule has 27 heavy (non-hydrogen) atoms. The fourth-order valence-corrected chi connectivity index (χ4v) is 3.50. The van der Waals surface area contributed by atoms with E-state index in [-0.39, 0.29) is 5.57 Å². The predicted molar refractivity (Wildman–Crippen MR) is 113 cm³/mol. The number of amides is 1. The van der Waals surface area contributed by atoms with E-state index in [2.05, 4.69) is 21.2 Å². The Kier molecular flexibility index (Phi) is 5.92. The molecule has 0 aliphatic heterocycles. The van der Waals surface area contributed by atoms with Crippen LogP contribution in [0.15, 0.2) is 58.7 Å². The predicted octanol–water partition coefficient (Wildman–Crippen LogP) is 5.65. The van der Waals surface area contributed by atoms with E-state index in [0.29, 0.717) is 15.9 Å². The molecule has 0 atom stereocenters. The molecule has 3 rings (SSSR count). The number of carbonyl (C=O) groups excluding carboxylic acids is 1. The van der Waals surface area contributed by atoms with Gasteiger partial charge in [0.15, 0.2) is 0 Å². The van der Waals surface area contributed by atoms with Gasteiger partial charge >= 0.3 is 0 Å². The third-order valence-corrected chi connectivity index (χ3v) is 5.01. The van der Waals surface area contributed by atoms with E-state index in [1.54, 1.807) is 36.0 Å². The summed E-state index contributed by atoms with van der Waals surface area (Å²) in [7, 11) is 0. The van der Waals surface area contributed by atoms with Gasteiger partial charge in [0.1, 0.15) is 5.82 Å². The zero-order valence-electron chi connectivity index (χ0n) is 14.2. The highest BCUT2D eigenvalue weighted by Gasteiger charge is 2.12. The number of hydrogen-bond acceptors (Lipinski definition) is 4. The number of allylic oxidation sites excluding steroid dienone is 2. The molecule has 2 aromatic heterocycles. The molecular formula is C20H13Cl2N3OS. The maximum Gasteiger partial charge on any atom is 0.258 e. The molecular weight excluding hydrogens is 401 g/mol. The van der Waals surface area contributed by atoms with Crippen molar-refractivity contribution < 1.29 is 4.79 Å². The van der Waals surface area contributed by atoms with Crippen LogP contribution in [0.5, 0.6) is 0 Å². The average molecular weight is 414 g/mol. The second kappa shape index (κ2) is 8.36. The number of fused-ring (bicyclic) bond motifs is 1. The number of nitrogens with one attached hydrogen (secondary N) is 1. The number of carbonyl (C=O) groups is 1. The first-order valence-corrected chi connectivity index (χ1v) is 9.42. The van der Waals surface area contributed by atoms with Gasteiger partial charge in [-0.05, 0) is 43.3 Å². The maximum absolute atomic E-state index is 12.3. The monoisotopic (exact) mass is 413 g/mol. The van der Waals surface area contributed by atoms with E-state index in [1.807, 2.05) is 18.2 Å². The van der Waals surface area contributed by atoms with Crippen molar-refractivity contribution in [3.05, 3.63) is 63.8 Å². The second-order valence-electron chi connectivity index (χ2n) is 5.49. The molecule has 0 bridgehead atoms. The SMILES string of the molecule is C#C/C=C\C(C(=O)Nc1ccc(-c2cc3scnc3cc2Cl)cn1)=C(/C)Cl. The molecule has 1 N–H and O–H groups in total. The quantitative estimate of drug-likeness (QED) is 0.341. The van der Waals surface area contributed by atoms with Crippen molar-refractivity contribution in [2.75, 3.05) is 5.32 Å². The lowest BCUT2D eigenvalue weighted by atomic mass is 10.1. The summed E-state index contributed by atoms with van der Waals surface area (Å²) in [6.45, 7) is 1.62. The van der Waals surface area contributed by atoms with Crippen LogP contribution in [0.1, 0.15) is 6.92 Å². The minimum Gasteiger partial charge on any atom is -0.307 e. The minimum absolute atomic E-state index is 0.277. The fraction of sp³-hybridized carbons (Fsp3) is 0.0500. The lowest BCUT2D eigenvalue weighted by molar-refractivity contribution is -0.112. The van der Waals surface area contributed by atoms with Crippen molar-refractivity contribution in [1.29, 1.82) is 0 Å². The summed E-state index contributed by atoms with van der Waals surface area (Å²) in [6, 6.07) is 7.35. The zero-order valence-corrected chi connectivity index (χ0v) is 16.5. The van der Waals surface area contributed by atoms with Gasteiger partial charge in [0.2, 0.25) is 0 Å². The topological polar surface area (TPSA) is 54.9 Å². The highest BCUT2D eigenvalue weighted by molar-refractivity contribution is 7.16. The first-order valence-electron chi connectivity index (χ1n) is 7.79. The number of hydrogen-bond donors (Lipinski definition) is 1. The molecule has 0 radical (unpaired) electrons. The molecule has 3 aromatic rings. The van der Waals surface area contributed by atoms with Gasteiger partial charge in [-0.2, -0.15) is 0 Å². The normalized spacial score (nSPS) is 12.1. The number of nitrogens with zero attached hydrogens (tertiary/aromatic N) is 2. The number of benzene rings is 1. The number of rotatable bonds is 4. The molecule has 134 valence electrons. The van der Waals surface area contributed by atoms with E-state index in [4.69, 9.17) is 29.6 Å². The van der Waals surface area contributed by atoms with Crippen LogP contribution < -0.4 is 5.32 Å². The van der Waals surface area contributed by atoms with Crippen molar-refractivity contribution in [2.45, 2.75) is 6.92 Å². The van der Waals surface area contributed by atoms with E-state index >= 15 is 0 Å². The van der Waals surface area contributed by atoms with Crippen molar-refractivity contribution in [3.63, 3.8) is 0 Å². The summed E-state index contributed by atoms with van der Waals surface area (Å²) in [5, 5.41) is 3.62. The van der Waals surface area contributed by atoms with Gasteiger partial charge in [0.05, 0.1) is 26.3 Å². The molecule has 1 aromatic carbocycles. The molecule has 0 saturated carbocycles. The van der Waals surface area contributed by atoms with Gasteiger partial charge in [0.25, 0.3) is 5.91 Å². The molecule has 7 heteroatoms. The summed E-state index contributed by atoms with van der Waals surface area (Å²) in [5.41, 5.74) is 4.61. The van der Waals surface area contributed by atoms with Crippen molar-refractivity contribution in [1.82, 2.24) is 9.97 Å². The van der Waals surface area contributed by atoms with Gasteiger partial charge in [0, 0.05) is 22.4 Å². The van der Waals surface area contributed by atoms with Crippen LogP contribution in [-0.2, 0) is 4.79 Å². The Morgan fingerprint density at radius 1 is 1.33 bits per heavy atom. The van der Waals surface area contributed by atoms with E-state index < -0.39 is 5.91 Å². The summed E-state index contributed by atoms with van der Waals surface area (Å²) >= 11 is 13.9. The largest absolute Gasteiger partial charge is 0.307 e. The summed E-state index contributed by atoms with van der Waals surface area (Å²) in [5.74, 6) is 2.33. The lowest BCUT2D eigenvalue weighted by Crippen LogP contribution is -2.14. The Balaban J connectivity index is 1.84. The Morgan fingerprint density at radius 3 is 2.81 bits per heavy atom. The van der Waals surface area contributed by atoms with E-state index in [9.17, 15) is 4.79 Å². The summed E-state index contributed by atoms with van der Waals surface area (Å²) in [6.07, 6.45) is 9.73. The number of terminal acetylenes is 1. The van der Waals surface area contributed by atoms with Crippen LogP contribution in [-0.4, -0.2) is 15.9 Å². The van der Waals surface area contributed by atoms with Crippen LogP contribution in [0.3, 0.4) is 0 Å². The average Bonchev–Trinajstić information content (AvgIpc) is 3.09. The third-order valence-electron chi connectivity index (χ3n) is 3.70. The molecule has 0 aliphatic carbocycles. The van der Waals surface area contributed by atoms with Gasteiger partial charge in [-0.25, -0.2) is 9.97 Å². The van der Waals surface area contributed by atoms with Crippen molar-refractivity contribution in [2.24, 2.45) is 0 Å². The first-order chi connectivity index (χ1) is 13.0. The Bertz CT molecular complexity index is 1100. The lowest BCUT2D eigenvalue weighted by Gasteiger charge is -2.08. The van der Waals surface area contributed by atoms with E-state index in [1.165, 1.54) is 12.2 Å². The number of thiazole rings is 1. The molecule has 0 fully saturated rings. The second-order valence-corrected chi connectivity index (χ2v) is 7.35. The zero-order chi connectivity index (χ0) is 19.4. The van der Waals surface area contributed by atoms with Crippen LogP contribution in [0.25, 0.3) is 21.3 Å². The molecule has 0 aliphatic rings. The molecule has 2 heterocycles. The molecule has 1 amide bonds. The first kappa shape index (κ1) is 19.1. The number of aromatic nitrogens is 2. The Hall–Kier alpha value is -2.65. The van der Waals surface area contributed by atoms with Crippen LogP contribution in [0.2, 0.25) is 5.02 Å². The standard InChI is InChI=1S/C20H13Cl2N3OS/c1-3-4-5-14(12(2)21)20(26)25-19-7-6-13(10-23-19)15-8-18-17(9-16(15)22)24-11-27-18/h1,4-11H,2H3,(H,23,25,26)/b5-4-,14-12-. The highest BCUT2D eigenvalue weighted by Crippen LogP contribution is 2.33. The minimum atomic E-state index is -0.390. The Labute approximate surface area is 170 Å². The van der Waals surface area contributed by atoms with Crippen LogP contribution in [0.4, 0.5) is 5.82 Å². The number of halogens is 2. The van der Waals surface area contributed by atoms with Crippen molar-refractivity contribution >= 4 is 56.5 Å². The van der Waals surface area contributed by atoms with Gasteiger partial charge in [-0.1, -0.05) is 29.1 Å². The van der Waals surface area contributed by atoms with Gasteiger partial charge in [-0.3, -0.25) is 4.79 Å². The highest BCUT2D eigenvalue weighted by atomic mass is 35.5. The van der Waals surface area contributed by atoms with Crippen molar-refractivity contribution in [3.8, 4) is 23.5 Å². The van der Waals surface area contributed by atoms with Crippen LogP contribution >= 0.6 is 34.5 Å². The van der Waals surface area contributed by atoms with Crippen LogP contribution in [0, 0.1) is 12.3 Å². The third kappa shape index (κ3) is 4.37.